The minimum absolute atomic E-state index is 0.145. The Hall–Kier alpha value is -13.2. The highest BCUT2D eigenvalue weighted by Crippen LogP contribution is 2.71. The zero-order valence-corrected chi connectivity index (χ0v) is 65.7. The first-order valence-corrected chi connectivity index (χ1v) is 43.4. The van der Waals surface area contributed by atoms with Crippen molar-refractivity contribution >= 4 is 98.0 Å². The normalized spacial score (nSPS) is 22.6. The molecule has 0 N–H and O–H groups in total. The Labute approximate surface area is 685 Å². The van der Waals surface area contributed by atoms with Crippen molar-refractivity contribution in [1.29, 1.82) is 0 Å². The SMILES string of the molecule is c1ccc2c(c1)-c1ccc(-n3c4ccccc4c4cc(-c5ccc6c(c5)c5ccccc5n6-c5ccc(-c6ccncc6)cc5)ccc43)cc1C21C2CC3CC(C2)CC1C3.c1ccc2c(c1)-c1ccc(-n3c4ccccc4c4cc(-c5ccc6c(c5)c5ccccc5n6-c5nccc6ccccc56)ccc43)cc1C21C2CC3CC(C2)CC1C3. The molecule has 6 nitrogen and oxygen atoms in total. The van der Waals surface area contributed by atoms with Crippen molar-refractivity contribution in [1.82, 2.24) is 28.2 Å². The molecule has 0 saturated heterocycles. The third-order valence-electron chi connectivity index (χ3n) is 31.0. The van der Waals surface area contributed by atoms with Gasteiger partial charge in [0.15, 0.2) is 0 Å². The maximum atomic E-state index is 4.95. The summed E-state index contributed by atoms with van der Waals surface area (Å²) in [7, 11) is 0. The molecular formula is C112H84N6. The summed E-state index contributed by atoms with van der Waals surface area (Å²) >= 11 is 0. The van der Waals surface area contributed by atoms with E-state index >= 15 is 0 Å². The van der Waals surface area contributed by atoms with Crippen molar-refractivity contribution in [3.8, 4) is 78.5 Å². The molecular weight excluding hydrogens is 1430 g/mol. The number of hydrogen-bond donors (Lipinski definition) is 0. The van der Waals surface area contributed by atoms with Crippen LogP contribution < -0.4 is 0 Å². The number of nitrogens with zero attached hydrogens (tertiary/aromatic N) is 6. The van der Waals surface area contributed by atoms with Crippen LogP contribution >= 0.6 is 0 Å². The molecule has 0 aliphatic heterocycles. The molecule has 0 radical (unpaired) electrons. The highest BCUT2D eigenvalue weighted by atomic mass is 15.1. The topological polar surface area (TPSA) is 45.5 Å². The molecule has 6 heterocycles. The van der Waals surface area contributed by atoms with Crippen LogP contribution in [0.1, 0.15) is 86.5 Å². The molecule has 0 unspecified atom stereocenters. The van der Waals surface area contributed by atoms with Gasteiger partial charge in [-0.2, -0.15) is 0 Å². The number of para-hydroxylation sites is 4. The lowest BCUT2D eigenvalue weighted by molar-refractivity contribution is -0.0399. The van der Waals surface area contributed by atoms with Gasteiger partial charge in [-0.3, -0.25) is 9.55 Å². The van der Waals surface area contributed by atoms with E-state index in [0.717, 1.165) is 64.2 Å². The maximum Gasteiger partial charge on any atom is 0.145 e. The van der Waals surface area contributed by atoms with Crippen LogP contribution in [0.15, 0.2) is 340 Å². The number of fused-ring (bicyclic) bond motifs is 19. The lowest BCUT2D eigenvalue weighted by Crippen LogP contribution is -2.55. The van der Waals surface area contributed by atoms with E-state index in [-0.39, 0.29) is 10.8 Å². The summed E-state index contributed by atoms with van der Waals surface area (Å²) < 4.78 is 9.86. The van der Waals surface area contributed by atoms with E-state index in [9.17, 15) is 0 Å². The third-order valence-corrected chi connectivity index (χ3v) is 31.0. The molecule has 118 heavy (non-hydrogen) atoms. The third kappa shape index (κ3) is 9.13. The zero-order chi connectivity index (χ0) is 76.8. The number of rotatable bonds is 7. The van der Waals surface area contributed by atoms with Gasteiger partial charge in [0.2, 0.25) is 0 Å². The number of pyridine rings is 2. The molecule has 0 atom stereocenters. The summed E-state index contributed by atoms with van der Waals surface area (Å²) in [4.78, 5) is 9.16. The van der Waals surface area contributed by atoms with Crippen LogP contribution in [0.3, 0.4) is 0 Å². The van der Waals surface area contributed by atoms with Crippen molar-refractivity contribution in [2.45, 2.75) is 75.0 Å². The van der Waals surface area contributed by atoms with Crippen molar-refractivity contribution < 1.29 is 0 Å². The van der Waals surface area contributed by atoms with Crippen molar-refractivity contribution in [3.63, 3.8) is 0 Å². The molecule has 14 aromatic carbocycles. The molecule has 10 aliphatic carbocycles. The molecule has 8 bridgehead atoms. The molecule has 6 aromatic heterocycles. The van der Waals surface area contributed by atoms with Gasteiger partial charge >= 0.3 is 0 Å². The molecule has 30 rings (SSSR count). The Morgan fingerprint density at radius 3 is 0.975 bits per heavy atom. The fourth-order valence-corrected chi connectivity index (χ4v) is 26.9. The zero-order valence-electron chi connectivity index (χ0n) is 65.7. The maximum absolute atomic E-state index is 4.95. The minimum atomic E-state index is 0.145. The van der Waals surface area contributed by atoms with Gasteiger partial charge in [0.05, 0.1) is 44.1 Å². The van der Waals surface area contributed by atoms with Gasteiger partial charge in [0.1, 0.15) is 5.82 Å². The summed E-state index contributed by atoms with van der Waals surface area (Å²) in [6.45, 7) is 0. The Balaban J connectivity index is 0.000000126. The fraction of sp³-hybridized carbons (Fsp3) is 0.179. The number of aromatic nitrogens is 6. The molecule has 0 amide bonds. The summed E-state index contributed by atoms with van der Waals surface area (Å²) in [6, 6.07) is 122. The van der Waals surface area contributed by atoms with E-state index in [4.69, 9.17) is 4.98 Å². The smallest absolute Gasteiger partial charge is 0.145 e. The van der Waals surface area contributed by atoms with E-state index in [2.05, 4.69) is 345 Å². The van der Waals surface area contributed by atoms with E-state index in [1.807, 2.05) is 18.6 Å². The lowest BCUT2D eigenvalue weighted by atomic mass is 9.43. The Bertz CT molecular complexity index is 7610. The van der Waals surface area contributed by atoms with Crippen molar-refractivity contribution in [3.05, 3.63) is 362 Å². The first-order chi connectivity index (χ1) is 58.4. The standard InChI is InChI=1S/C57H43N3.C55H41N3/c1-4-10-51-45(7-1)46-20-19-44(34-52(46)57(51)41-28-35-27-36(30-41)31-42(57)29-35)60-54-12-6-3-9-48(54)50-33-40(16-22-56(50)60)39-15-21-55-49(32-39)47-8-2-5-11-53(47)59(55)43-17-13-37(14-18-43)38-23-25-58-26-24-38;1-2-10-41-35(9-1)23-24-56-54(41)58-51-16-8-5-13-45(51)47-31-37(18-22-53(47)58)36-17-21-52-46(30-36)44-12-4-7-15-50(44)57(52)40-19-20-43-42-11-3-6-14-48(42)55(49(43)32-40)38-26-33-25-34(28-38)29-39(55)27-33/h1-26,32-36,41-42H,27-31H2;1-24,30-34,38-39H,25-29H2. The first-order valence-electron chi connectivity index (χ1n) is 43.4. The van der Waals surface area contributed by atoms with Gasteiger partial charge in [0.25, 0.3) is 0 Å². The summed E-state index contributed by atoms with van der Waals surface area (Å²) in [5, 5.41) is 12.5. The van der Waals surface area contributed by atoms with Crippen LogP contribution in [0, 0.1) is 47.3 Å². The van der Waals surface area contributed by atoms with Crippen LogP contribution in [-0.4, -0.2) is 28.2 Å². The Morgan fingerprint density at radius 2 is 0.542 bits per heavy atom. The summed E-state index contributed by atoms with van der Waals surface area (Å²) in [6.07, 6.45) is 19.8. The van der Waals surface area contributed by atoms with Gasteiger partial charge in [0, 0.05) is 95.0 Å². The van der Waals surface area contributed by atoms with E-state index in [0.29, 0.717) is 0 Å². The molecule has 20 aromatic rings. The quantitative estimate of drug-likeness (QED) is 0.160. The Morgan fingerprint density at radius 1 is 0.220 bits per heavy atom. The second kappa shape index (κ2) is 24.7. The Kier molecular flexibility index (Phi) is 13.8. The van der Waals surface area contributed by atoms with Gasteiger partial charge in [-0.15, -0.1) is 0 Å². The van der Waals surface area contributed by atoms with Crippen LogP contribution in [0.2, 0.25) is 0 Å². The minimum Gasteiger partial charge on any atom is -0.309 e. The summed E-state index contributed by atoms with van der Waals surface area (Å²) in [5.74, 6) is 7.68. The summed E-state index contributed by atoms with van der Waals surface area (Å²) in [5.41, 5.74) is 33.5. The molecule has 562 valence electrons. The largest absolute Gasteiger partial charge is 0.309 e. The molecule has 10 aliphatic rings. The predicted molar refractivity (Wildman–Crippen MR) is 486 cm³/mol. The number of hydrogen-bond acceptors (Lipinski definition) is 2. The molecule has 2 spiro atoms. The van der Waals surface area contributed by atoms with Gasteiger partial charge in [-0.05, 0) is 322 Å². The van der Waals surface area contributed by atoms with E-state index < -0.39 is 0 Å². The van der Waals surface area contributed by atoms with Crippen molar-refractivity contribution in [2.75, 3.05) is 0 Å². The van der Waals surface area contributed by atoms with Crippen LogP contribution in [0.5, 0.6) is 0 Å². The average molecular weight is 1510 g/mol. The molecule has 8 fully saturated rings. The average Bonchev–Trinajstić information content (AvgIpc) is 1.49. The fourth-order valence-electron chi connectivity index (χ4n) is 26.9. The lowest BCUT2D eigenvalue weighted by Gasteiger charge is -2.61. The van der Waals surface area contributed by atoms with E-state index in [1.54, 1.807) is 22.3 Å². The van der Waals surface area contributed by atoms with Gasteiger partial charge < -0.3 is 13.7 Å². The van der Waals surface area contributed by atoms with Crippen LogP contribution in [-0.2, 0) is 10.8 Å². The number of benzene rings is 14. The van der Waals surface area contributed by atoms with Crippen LogP contribution in [0.4, 0.5) is 0 Å². The highest BCUT2D eigenvalue weighted by Gasteiger charge is 2.63. The second-order valence-electron chi connectivity index (χ2n) is 36.4. The highest BCUT2D eigenvalue weighted by molar-refractivity contribution is 6.15. The molecule has 6 heteroatoms. The second-order valence-corrected chi connectivity index (χ2v) is 36.4. The first kappa shape index (κ1) is 66.0. The van der Waals surface area contributed by atoms with Gasteiger partial charge in [-0.25, -0.2) is 4.98 Å². The van der Waals surface area contributed by atoms with Crippen molar-refractivity contribution in [2.24, 2.45) is 47.3 Å². The predicted octanol–water partition coefficient (Wildman–Crippen LogP) is 28.2. The van der Waals surface area contributed by atoms with Gasteiger partial charge in [-0.1, -0.05) is 194 Å². The monoisotopic (exact) mass is 1510 g/mol. The van der Waals surface area contributed by atoms with E-state index in [1.165, 1.54) is 224 Å². The molecule has 8 saturated carbocycles. The van der Waals surface area contributed by atoms with Crippen LogP contribution in [0.25, 0.3) is 177 Å².